The SMILES string of the molecule is CNC(=O)c1ccc(C(F)(F)F)c(N)c1. The zero-order valence-electron chi connectivity index (χ0n) is 7.85. The van der Waals surface area contributed by atoms with Gasteiger partial charge in [0.2, 0.25) is 0 Å². The summed E-state index contributed by atoms with van der Waals surface area (Å²) < 4.78 is 36.8. The number of alkyl halides is 3. The van der Waals surface area contributed by atoms with Crippen LogP contribution in [0.3, 0.4) is 0 Å². The standard InChI is InChI=1S/C9H9F3N2O/c1-14-8(15)5-2-3-6(7(13)4-5)9(10,11)12/h2-4H,13H2,1H3,(H,14,15). The maximum absolute atomic E-state index is 12.3. The van der Waals surface area contributed by atoms with Gasteiger partial charge in [0.15, 0.2) is 0 Å². The zero-order valence-corrected chi connectivity index (χ0v) is 7.85. The number of hydrogen-bond acceptors (Lipinski definition) is 2. The lowest BCUT2D eigenvalue weighted by molar-refractivity contribution is -0.136. The number of carbonyl (C=O) groups is 1. The maximum atomic E-state index is 12.3. The predicted molar refractivity (Wildman–Crippen MR) is 49.2 cm³/mol. The Balaban J connectivity index is 3.15. The molecular weight excluding hydrogens is 209 g/mol. The highest BCUT2D eigenvalue weighted by atomic mass is 19.4. The Morgan fingerprint density at radius 3 is 2.40 bits per heavy atom. The Labute approximate surface area is 84.1 Å². The van der Waals surface area contributed by atoms with Gasteiger partial charge in [0, 0.05) is 18.3 Å². The molecule has 0 spiro atoms. The molecule has 1 amide bonds. The zero-order chi connectivity index (χ0) is 11.6. The van der Waals surface area contributed by atoms with E-state index in [1.165, 1.54) is 7.05 Å². The summed E-state index contributed by atoms with van der Waals surface area (Å²) in [6.07, 6.45) is -4.49. The van der Waals surface area contributed by atoms with Crippen molar-refractivity contribution in [2.24, 2.45) is 0 Å². The summed E-state index contributed by atoms with van der Waals surface area (Å²) in [6, 6.07) is 2.87. The molecule has 0 aliphatic heterocycles. The number of nitrogen functional groups attached to an aromatic ring is 1. The van der Waals surface area contributed by atoms with Crippen LogP contribution in [0.2, 0.25) is 0 Å². The van der Waals surface area contributed by atoms with Crippen LogP contribution < -0.4 is 11.1 Å². The van der Waals surface area contributed by atoms with E-state index in [4.69, 9.17) is 5.73 Å². The van der Waals surface area contributed by atoms with Gasteiger partial charge in [-0.25, -0.2) is 0 Å². The number of nitrogens with two attached hydrogens (primary N) is 1. The van der Waals surface area contributed by atoms with Gasteiger partial charge >= 0.3 is 6.18 Å². The average Bonchev–Trinajstić information content (AvgIpc) is 2.14. The molecule has 0 aromatic heterocycles. The van der Waals surface area contributed by atoms with Gasteiger partial charge in [-0.3, -0.25) is 4.79 Å². The minimum absolute atomic E-state index is 0.100. The van der Waals surface area contributed by atoms with E-state index in [2.05, 4.69) is 5.32 Å². The molecule has 0 saturated heterocycles. The topological polar surface area (TPSA) is 55.1 Å². The number of benzene rings is 1. The first kappa shape index (κ1) is 11.4. The Morgan fingerprint density at radius 1 is 1.40 bits per heavy atom. The van der Waals surface area contributed by atoms with Crippen molar-refractivity contribution in [3.8, 4) is 0 Å². The molecule has 0 bridgehead atoms. The molecule has 0 radical (unpaired) electrons. The minimum Gasteiger partial charge on any atom is -0.398 e. The number of amides is 1. The summed E-state index contributed by atoms with van der Waals surface area (Å²) in [6.45, 7) is 0. The minimum atomic E-state index is -4.49. The van der Waals surface area contributed by atoms with Crippen molar-refractivity contribution < 1.29 is 18.0 Å². The van der Waals surface area contributed by atoms with E-state index < -0.39 is 23.3 Å². The van der Waals surface area contributed by atoms with Crippen molar-refractivity contribution in [1.29, 1.82) is 0 Å². The molecule has 0 aliphatic carbocycles. The first-order chi connectivity index (χ1) is 6.86. The van der Waals surface area contributed by atoms with E-state index in [1.54, 1.807) is 0 Å². The van der Waals surface area contributed by atoms with Crippen LogP contribution in [0.5, 0.6) is 0 Å². The van der Waals surface area contributed by atoms with E-state index in [0.29, 0.717) is 0 Å². The quantitative estimate of drug-likeness (QED) is 0.704. The van der Waals surface area contributed by atoms with Gasteiger partial charge < -0.3 is 11.1 Å². The number of hydrogen-bond donors (Lipinski definition) is 2. The second-order valence-corrected chi connectivity index (χ2v) is 2.88. The predicted octanol–water partition coefficient (Wildman–Crippen LogP) is 1.65. The van der Waals surface area contributed by atoms with Gasteiger partial charge in [-0.1, -0.05) is 0 Å². The number of anilines is 1. The van der Waals surface area contributed by atoms with E-state index in [1.807, 2.05) is 0 Å². The smallest absolute Gasteiger partial charge is 0.398 e. The fourth-order valence-corrected chi connectivity index (χ4v) is 1.11. The van der Waals surface area contributed by atoms with Gasteiger partial charge in [-0.15, -0.1) is 0 Å². The van der Waals surface area contributed by atoms with Gasteiger partial charge in [0.05, 0.1) is 5.56 Å². The number of carbonyl (C=O) groups excluding carboxylic acids is 1. The van der Waals surface area contributed by atoms with Crippen LogP contribution in [0.15, 0.2) is 18.2 Å². The van der Waals surface area contributed by atoms with Crippen LogP contribution in [0.1, 0.15) is 15.9 Å². The third-order valence-electron chi connectivity index (χ3n) is 1.85. The van der Waals surface area contributed by atoms with Crippen molar-refractivity contribution in [2.75, 3.05) is 12.8 Å². The summed E-state index contributed by atoms with van der Waals surface area (Å²) >= 11 is 0. The molecule has 0 saturated carbocycles. The van der Waals surface area contributed by atoms with Crippen LogP contribution in [0, 0.1) is 0 Å². The first-order valence-corrected chi connectivity index (χ1v) is 4.05. The molecule has 3 N–H and O–H groups in total. The van der Waals surface area contributed by atoms with E-state index in [0.717, 1.165) is 18.2 Å². The Kier molecular flexibility index (Phi) is 2.88. The van der Waals surface area contributed by atoms with Crippen molar-refractivity contribution in [3.05, 3.63) is 29.3 Å². The summed E-state index contributed by atoms with van der Waals surface area (Å²) in [5, 5.41) is 2.29. The lowest BCUT2D eigenvalue weighted by atomic mass is 10.1. The third kappa shape index (κ3) is 2.39. The third-order valence-corrected chi connectivity index (χ3v) is 1.85. The molecule has 0 fully saturated rings. The van der Waals surface area contributed by atoms with Gasteiger partial charge in [0.25, 0.3) is 5.91 Å². The second-order valence-electron chi connectivity index (χ2n) is 2.88. The Morgan fingerprint density at radius 2 is 2.00 bits per heavy atom. The van der Waals surface area contributed by atoms with Crippen LogP contribution in [-0.4, -0.2) is 13.0 Å². The van der Waals surface area contributed by atoms with Crippen molar-refractivity contribution in [1.82, 2.24) is 5.32 Å². The highest BCUT2D eigenvalue weighted by Gasteiger charge is 2.32. The van der Waals surface area contributed by atoms with Crippen molar-refractivity contribution in [3.63, 3.8) is 0 Å². The molecule has 82 valence electrons. The molecule has 15 heavy (non-hydrogen) atoms. The molecule has 3 nitrogen and oxygen atoms in total. The highest BCUT2D eigenvalue weighted by molar-refractivity contribution is 5.95. The summed E-state index contributed by atoms with van der Waals surface area (Å²) in [7, 11) is 1.39. The molecule has 1 aromatic rings. The summed E-state index contributed by atoms with van der Waals surface area (Å²) in [5.74, 6) is -0.476. The van der Waals surface area contributed by atoms with Crippen LogP contribution >= 0.6 is 0 Å². The van der Waals surface area contributed by atoms with Crippen LogP contribution in [0.4, 0.5) is 18.9 Å². The lowest BCUT2D eigenvalue weighted by Gasteiger charge is -2.10. The monoisotopic (exact) mass is 218 g/mol. The number of nitrogens with one attached hydrogen (secondary N) is 1. The summed E-state index contributed by atoms with van der Waals surface area (Å²) in [4.78, 5) is 11.1. The molecule has 1 aromatic carbocycles. The molecule has 6 heteroatoms. The van der Waals surface area contributed by atoms with Gasteiger partial charge in [0.1, 0.15) is 0 Å². The molecule has 1 rings (SSSR count). The van der Waals surface area contributed by atoms with E-state index in [9.17, 15) is 18.0 Å². The molecule has 0 unspecified atom stereocenters. The number of halogens is 3. The maximum Gasteiger partial charge on any atom is 0.418 e. The fraction of sp³-hybridized carbons (Fsp3) is 0.222. The lowest BCUT2D eigenvalue weighted by Crippen LogP contribution is -2.18. The Bertz CT molecular complexity index is 387. The second kappa shape index (κ2) is 3.80. The fourth-order valence-electron chi connectivity index (χ4n) is 1.11. The largest absolute Gasteiger partial charge is 0.418 e. The van der Waals surface area contributed by atoms with Gasteiger partial charge in [-0.05, 0) is 18.2 Å². The van der Waals surface area contributed by atoms with E-state index in [-0.39, 0.29) is 5.56 Å². The normalized spacial score (nSPS) is 11.2. The van der Waals surface area contributed by atoms with Crippen LogP contribution in [-0.2, 0) is 6.18 Å². The van der Waals surface area contributed by atoms with Crippen molar-refractivity contribution in [2.45, 2.75) is 6.18 Å². The molecule has 0 atom stereocenters. The van der Waals surface area contributed by atoms with Crippen molar-refractivity contribution >= 4 is 11.6 Å². The number of rotatable bonds is 1. The summed E-state index contributed by atoms with van der Waals surface area (Å²) in [5.41, 5.74) is 3.91. The first-order valence-electron chi connectivity index (χ1n) is 4.05. The molecule has 0 heterocycles. The highest BCUT2D eigenvalue weighted by Crippen LogP contribution is 2.33. The average molecular weight is 218 g/mol. The molecule has 0 aliphatic rings. The Hall–Kier alpha value is -1.72. The van der Waals surface area contributed by atoms with Crippen LogP contribution in [0.25, 0.3) is 0 Å². The molecular formula is C9H9F3N2O. The van der Waals surface area contributed by atoms with Gasteiger partial charge in [-0.2, -0.15) is 13.2 Å². The van der Waals surface area contributed by atoms with E-state index >= 15 is 0 Å².